The van der Waals surface area contributed by atoms with E-state index in [9.17, 15) is 9.59 Å². The Morgan fingerprint density at radius 2 is 1.79 bits per heavy atom. The second kappa shape index (κ2) is 6.26. The number of hydrogen-bond acceptors (Lipinski definition) is 3. The summed E-state index contributed by atoms with van der Waals surface area (Å²) in [6, 6.07) is -0.273. The second-order valence-corrected chi connectivity index (χ2v) is 6.50. The van der Waals surface area contributed by atoms with Crippen LogP contribution in [0, 0.1) is 5.92 Å². The molecular formula is C14H26N2O3. The van der Waals surface area contributed by atoms with Gasteiger partial charge >= 0.3 is 6.09 Å². The molecule has 5 nitrogen and oxygen atoms in total. The minimum absolute atomic E-state index is 0.0209. The van der Waals surface area contributed by atoms with Gasteiger partial charge in [0.25, 0.3) is 0 Å². The van der Waals surface area contributed by atoms with Gasteiger partial charge in [0.15, 0.2) is 0 Å². The van der Waals surface area contributed by atoms with Crippen LogP contribution in [0.5, 0.6) is 0 Å². The van der Waals surface area contributed by atoms with Crippen LogP contribution in [0.3, 0.4) is 0 Å². The van der Waals surface area contributed by atoms with Crippen LogP contribution in [0.25, 0.3) is 0 Å². The first-order chi connectivity index (χ1) is 8.69. The monoisotopic (exact) mass is 270 g/mol. The molecule has 2 amide bonds. The minimum Gasteiger partial charge on any atom is -0.444 e. The Balaban J connectivity index is 2.51. The van der Waals surface area contributed by atoms with Gasteiger partial charge in [-0.05, 0) is 46.0 Å². The molecule has 1 fully saturated rings. The van der Waals surface area contributed by atoms with Crippen LogP contribution in [0.2, 0.25) is 0 Å². The van der Waals surface area contributed by atoms with Crippen LogP contribution in [-0.4, -0.2) is 29.7 Å². The summed E-state index contributed by atoms with van der Waals surface area (Å²) >= 11 is 0. The fourth-order valence-corrected chi connectivity index (χ4v) is 1.81. The SMILES string of the molecule is CC(C)C(NC(=O)OC(C)(C)C)C(=O)NC1CCC1. The highest BCUT2D eigenvalue weighted by atomic mass is 16.6. The molecule has 0 spiro atoms. The molecule has 0 aliphatic heterocycles. The molecule has 1 aliphatic carbocycles. The fraction of sp³-hybridized carbons (Fsp3) is 0.857. The van der Waals surface area contributed by atoms with E-state index in [0.717, 1.165) is 19.3 Å². The van der Waals surface area contributed by atoms with E-state index in [1.54, 1.807) is 20.8 Å². The molecule has 0 aromatic rings. The van der Waals surface area contributed by atoms with Crippen LogP contribution >= 0.6 is 0 Å². The number of nitrogens with one attached hydrogen (secondary N) is 2. The van der Waals surface area contributed by atoms with Crippen LogP contribution in [0.4, 0.5) is 4.79 Å². The molecule has 0 bridgehead atoms. The lowest BCUT2D eigenvalue weighted by Gasteiger charge is -2.30. The molecule has 1 aliphatic rings. The van der Waals surface area contributed by atoms with E-state index in [1.165, 1.54) is 0 Å². The Hall–Kier alpha value is -1.26. The van der Waals surface area contributed by atoms with Crippen molar-refractivity contribution in [3.05, 3.63) is 0 Å². The third-order valence-corrected chi connectivity index (χ3v) is 3.07. The highest BCUT2D eigenvalue weighted by molar-refractivity contribution is 5.86. The van der Waals surface area contributed by atoms with Crippen LogP contribution in [0.1, 0.15) is 53.9 Å². The van der Waals surface area contributed by atoms with Gasteiger partial charge in [-0.3, -0.25) is 4.79 Å². The maximum atomic E-state index is 12.1. The van der Waals surface area contributed by atoms with E-state index in [0.29, 0.717) is 0 Å². The predicted molar refractivity (Wildman–Crippen MR) is 73.8 cm³/mol. The van der Waals surface area contributed by atoms with E-state index in [4.69, 9.17) is 4.74 Å². The maximum absolute atomic E-state index is 12.1. The quantitative estimate of drug-likeness (QED) is 0.823. The first-order valence-corrected chi connectivity index (χ1v) is 6.99. The average Bonchev–Trinajstić information content (AvgIpc) is 2.16. The van der Waals surface area contributed by atoms with Gasteiger partial charge in [0.05, 0.1) is 0 Å². The topological polar surface area (TPSA) is 67.4 Å². The summed E-state index contributed by atoms with van der Waals surface area (Å²) in [7, 11) is 0. The van der Waals surface area contributed by atoms with Crippen molar-refractivity contribution in [2.24, 2.45) is 5.92 Å². The Bertz CT molecular complexity index is 330. The zero-order chi connectivity index (χ0) is 14.6. The standard InChI is InChI=1S/C14H26N2O3/c1-9(2)11(12(17)15-10-7-6-8-10)16-13(18)19-14(3,4)5/h9-11H,6-8H2,1-5H3,(H,15,17)(H,16,18). The Morgan fingerprint density at radius 1 is 1.21 bits per heavy atom. The summed E-state index contributed by atoms with van der Waals surface area (Å²) in [4.78, 5) is 23.8. The third-order valence-electron chi connectivity index (χ3n) is 3.07. The van der Waals surface area contributed by atoms with Crippen molar-refractivity contribution in [3.8, 4) is 0 Å². The van der Waals surface area contributed by atoms with Gasteiger partial charge in [-0.25, -0.2) is 4.79 Å². The first-order valence-electron chi connectivity index (χ1n) is 6.99. The number of hydrogen-bond donors (Lipinski definition) is 2. The normalized spacial score (nSPS) is 17.6. The van der Waals surface area contributed by atoms with Gasteiger partial charge in [0, 0.05) is 6.04 Å². The average molecular weight is 270 g/mol. The van der Waals surface area contributed by atoms with Gasteiger partial charge in [-0.2, -0.15) is 0 Å². The summed E-state index contributed by atoms with van der Waals surface area (Å²) in [5.74, 6) is -0.0989. The number of carbonyl (C=O) groups is 2. The Morgan fingerprint density at radius 3 is 2.16 bits per heavy atom. The Labute approximate surface area is 115 Å². The highest BCUT2D eigenvalue weighted by Gasteiger charge is 2.29. The smallest absolute Gasteiger partial charge is 0.408 e. The number of carbonyl (C=O) groups excluding carboxylic acids is 2. The van der Waals surface area contributed by atoms with E-state index >= 15 is 0 Å². The molecule has 1 saturated carbocycles. The van der Waals surface area contributed by atoms with Gasteiger partial charge in [-0.1, -0.05) is 13.8 Å². The van der Waals surface area contributed by atoms with Crippen molar-refractivity contribution in [2.45, 2.75) is 71.6 Å². The first kappa shape index (κ1) is 15.8. The van der Waals surface area contributed by atoms with E-state index in [1.807, 2.05) is 13.8 Å². The van der Waals surface area contributed by atoms with Gasteiger partial charge < -0.3 is 15.4 Å². The maximum Gasteiger partial charge on any atom is 0.408 e. The molecule has 1 atom stereocenters. The summed E-state index contributed by atoms with van der Waals surface area (Å²) in [6.07, 6.45) is 2.68. The van der Waals surface area contributed by atoms with Crippen LogP contribution in [0.15, 0.2) is 0 Å². The van der Waals surface area contributed by atoms with Crippen molar-refractivity contribution < 1.29 is 14.3 Å². The second-order valence-electron chi connectivity index (χ2n) is 6.50. The number of rotatable bonds is 4. The third kappa shape index (κ3) is 5.49. The van der Waals surface area contributed by atoms with Crippen LogP contribution < -0.4 is 10.6 Å². The van der Waals surface area contributed by atoms with Crippen molar-refractivity contribution in [2.75, 3.05) is 0 Å². The van der Waals surface area contributed by atoms with Gasteiger partial charge in [0.1, 0.15) is 11.6 Å². The molecule has 0 aromatic carbocycles. The lowest BCUT2D eigenvalue weighted by Crippen LogP contribution is -2.54. The van der Waals surface area contributed by atoms with E-state index < -0.39 is 17.7 Å². The molecule has 0 heterocycles. The molecule has 19 heavy (non-hydrogen) atoms. The van der Waals surface area contributed by atoms with E-state index in [-0.39, 0.29) is 17.9 Å². The molecule has 0 aromatic heterocycles. The summed E-state index contributed by atoms with van der Waals surface area (Å²) in [5, 5.41) is 5.61. The molecule has 0 saturated heterocycles. The zero-order valence-corrected chi connectivity index (χ0v) is 12.6. The van der Waals surface area contributed by atoms with Crippen molar-refractivity contribution in [1.82, 2.24) is 10.6 Å². The summed E-state index contributed by atoms with van der Waals surface area (Å²) in [5.41, 5.74) is -0.559. The molecule has 2 N–H and O–H groups in total. The van der Waals surface area contributed by atoms with E-state index in [2.05, 4.69) is 10.6 Å². The molecule has 110 valence electrons. The highest BCUT2D eigenvalue weighted by Crippen LogP contribution is 2.18. The summed E-state index contributed by atoms with van der Waals surface area (Å²) in [6.45, 7) is 9.20. The molecule has 1 unspecified atom stereocenters. The zero-order valence-electron chi connectivity index (χ0n) is 12.6. The lowest BCUT2D eigenvalue weighted by atomic mass is 9.92. The Kier molecular flexibility index (Phi) is 5.20. The minimum atomic E-state index is -0.559. The lowest BCUT2D eigenvalue weighted by molar-refractivity contribution is -0.125. The largest absolute Gasteiger partial charge is 0.444 e. The predicted octanol–water partition coefficient (Wildman–Crippen LogP) is 2.20. The van der Waals surface area contributed by atoms with Gasteiger partial charge in [0.2, 0.25) is 5.91 Å². The van der Waals surface area contributed by atoms with Crippen molar-refractivity contribution >= 4 is 12.0 Å². The number of amides is 2. The number of alkyl carbamates (subject to hydrolysis) is 1. The van der Waals surface area contributed by atoms with Gasteiger partial charge in [-0.15, -0.1) is 0 Å². The molecular weight excluding hydrogens is 244 g/mol. The number of ether oxygens (including phenoxy) is 1. The van der Waals surface area contributed by atoms with Crippen molar-refractivity contribution in [1.29, 1.82) is 0 Å². The van der Waals surface area contributed by atoms with Crippen LogP contribution in [-0.2, 0) is 9.53 Å². The molecule has 0 radical (unpaired) electrons. The molecule has 1 rings (SSSR count). The summed E-state index contributed by atoms with van der Waals surface area (Å²) < 4.78 is 5.18. The van der Waals surface area contributed by atoms with Crippen molar-refractivity contribution in [3.63, 3.8) is 0 Å². The molecule has 5 heteroatoms. The fourth-order valence-electron chi connectivity index (χ4n) is 1.81.